The number of nitrogens with zero attached hydrogens (tertiary/aromatic N) is 2. The number of amides is 1. The number of carbonyl (C=O) groups is 1. The number of ether oxygens (including phenoxy) is 1. The SMILES string of the molecule is COc1ccc(CN2C(=O)C(O)(c3cc(C#N)c(O)cc3O)c3ccccc32)cc1. The monoisotopic (exact) mass is 402 g/mol. The highest BCUT2D eigenvalue weighted by Gasteiger charge is 2.52. The molecule has 1 aliphatic heterocycles. The number of hydrogen-bond acceptors (Lipinski definition) is 6. The zero-order valence-electron chi connectivity index (χ0n) is 16.0. The van der Waals surface area contributed by atoms with Crippen molar-refractivity contribution in [3.63, 3.8) is 0 Å². The largest absolute Gasteiger partial charge is 0.507 e. The molecule has 7 heteroatoms. The smallest absolute Gasteiger partial charge is 0.268 e. The van der Waals surface area contributed by atoms with Gasteiger partial charge in [-0.3, -0.25) is 4.79 Å². The van der Waals surface area contributed by atoms with E-state index in [0.717, 1.165) is 17.7 Å². The van der Waals surface area contributed by atoms with Gasteiger partial charge in [0, 0.05) is 17.2 Å². The molecule has 0 saturated heterocycles. The molecule has 0 fully saturated rings. The molecule has 0 bridgehead atoms. The van der Waals surface area contributed by atoms with Gasteiger partial charge in [-0.2, -0.15) is 5.26 Å². The Hall–Kier alpha value is -4.02. The Morgan fingerprint density at radius 3 is 2.40 bits per heavy atom. The number of phenols is 2. The van der Waals surface area contributed by atoms with Gasteiger partial charge in [0.25, 0.3) is 5.91 Å². The van der Waals surface area contributed by atoms with E-state index in [-0.39, 0.29) is 23.2 Å². The van der Waals surface area contributed by atoms with Gasteiger partial charge in [0.15, 0.2) is 5.60 Å². The van der Waals surface area contributed by atoms with Gasteiger partial charge in [-0.1, -0.05) is 30.3 Å². The zero-order chi connectivity index (χ0) is 21.5. The summed E-state index contributed by atoms with van der Waals surface area (Å²) in [7, 11) is 1.56. The van der Waals surface area contributed by atoms with Crippen molar-refractivity contribution in [3.8, 4) is 23.3 Å². The molecule has 0 aliphatic carbocycles. The lowest BCUT2D eigenvalue weighted by atomic mass is 9.86. The normalized spacial score (nSPS) is 17.5. The first-order chi connectivity index (χ1) is 14.4. The van der Waals surface area contributed by atoms with Crippen LogP contribution in [0.5, 0.6) is 17.2 Å². The molecule has 7 nitrogen and oxygen atoms in total. The number of anilines is 1. The highest BCUT2D eigenvalue weighted by atomic mass is 16.5. The van der Waals surface area contributed by atoms with Crippen LogP contribution in [0.2, 0.25) is 0 Å². The molecule has 1 atom stereocenters. The van der Waals surface area contributed by atoms with E-state index >= 15 is 0 Å². The van der Waals surface area contributed by atoms with E-state index < -0.39 is 23.0 Å². The Labute approximate surface area is 172 Å². The van der Waals surface area contributed by atoms with Crippen LogP contribution in [0.25, 0.3) is 0 Å². The van der Waals surface area contributed by atoms with Gasteiger partial charge >= 0.3 is 0 Å². The summed E-state index contributed by atoms with van der Waals surface area (Å²) in [5.74, 6) is -0.898. The van der Waals surface area contributed by atoms with E-state index in [0.29, 0.717) is 11.4 Å². The van der Waals surface area contributed by atoms with E-state index in [2.05, 4.69) is 0 Å². The van der Waals surface area contributed by atoms with Crippen molar-refractivity contribution in [2.75, 3.05) is 12.0 Å². The molecule has 3 aromatic rings. The number of aromatic hydroxyl groups is 2. The topological polar surface area (TPSA) is 114 Å². The van der Waals surface area contributed by atoms with Gasteiger partial charge in [0.2, 0.25) is 0 Å². The van der Waals surface area contributed by atoms with Crippen LogP contribution >= 0.6 is 0 Å². The molecule has 30 heavy (non-hydrogen) atoms. The van der Waals surface area contributed by atoms with Crippen molar-refractivity contribution in [1.82, 2.24) is 0 Å². The van der Waals surface area contributed by atoms with Crippen LogP contribution in [0.15, 0.2) is 60.7 Å². The molecule has 1 aliphatic rings. The minimum atomic E-state index is -2.20. The molecule has 0 spiro atoms. The Bertz CT molecular complexity index is 1180. The van der Waals surface area contributed by atoms with Crippen molar-refractivity contribution in [2.24, 2.45) is 0 Å². The second-order valence-corrected chi connectivity index (χ2v) is 6.97. The Kier molecular flexibility index (Phi) is 4.57. The first-order valence-electron chi connectivity index (χ1n) is 9.13. The van der Waals surface area contributed by atoms with Crippen molar-refractivity contribution in [2.45, 2.75) is 12.1 Å². The number of nitriles is 1. The summed E-state index contributed by atoms with van der Waals surface area (Å²) in [5, 5.41) is 41.0. The molecule has 4 rings (SSSR count). The molecule has 150 valence electrons. The molecule has 3 N–H and O–H groups in total. The third-order valence-corrected chi connectivity index (χ3v) is 5.26. The number of para-hydroxylation sites is 1. The van der Waals surface area contributed by atoms with Crippen molar-refractivity contribution in [1.29, 1.82) is 5.26 Å². The maximum atomic E-state index is 13.4. The summed E-state index contributed by atoms with van der Waals surface area (Å²) >= 11 is 0. The minimum Gasteiger partial charge on any atom is -0.507 e. The lowest BCUT2D eigenvalue weighted by molar-refractivity contribution is -0.132. The number of fused-ring (bicyclic) bond motifs is 1. The average Bonchev–Trinajstić information content (AvgIpc) is 2.97. The molecule has 0 saturated carbocycles. The molecule has 3 aromatic carbocycles. The van der Waals surface area contributed by atoms with Crippen molar-refractivity contribution < 1.29 is 24.9 Å². The number of methoxy groups -OCH3 is 1. The Morgan fingerprint density at radius 1 is 1.03 bits per heavy atom. The highest BCUT2D eigenvalue weighted by Crippen LogP contribution is 2.48. The first kappa shape index (κ1) is 19.3. The predicted octanol–water partition coefficient (Wildman–Crippen LogP) is 2.76. The van der Waals surface area contributed by atoms with E-state index in [4.69, 9.17) is 4.74 Å². The Morgan fingerprint density at radius 2 is 1.73 bits per heavy atom. The number of hydrogen-bond donors (Lipinski definition) is 3. The summed E-state index contributed by atoms with van der Waals surface area (Å²) in [6.45, 7) is 0.187. The Balaban J connectivity index is 1.83. The van der Waals surface area contributed by atoms with Gasteiger partial charge in [-0.15, -0.1) is 0 Å². The van der Waals surface area contributed by atoms with Crippen LogP contribution in [0, 0.1) is 11.3 Å². The molecule has 1 heterocycles. The molecule has 0 radical (unpaired) electrons. The fourth-order valence-electron chi connectivity index (χ4n) is 3.72. The maximum Gasteiger partial charge on any atom is 0.268 e. The minimum absolute atomic E-state index is 0.157. The number of benzene rings is 3. The molecular formula is C23H18N2O5. The summed E-state index contributed by atoms with van der Waals surface area (Å²) < 4.78 is 5.16. The number of phenolic OH excluding ortho intramolecular Hbond substituents is 2. The van der Waals surface area contributed by atoms with Gasteiger partial charge in [-0.25, -0.2) is 0 Å². The van der Waals surface area contributed by atoms with Gasteiger partial charge in [0.1, 0.15) is 23.3 Å². The standard InChI is InChI=1S/C23H18N2O5/c1-30-16-8-6-14(7-9-16)13-25-19-5-3-2-4-17(19)23(29,22(25)28)18-10-15(12-24)20(26)11-21(18)27/h2-11,26-27,29H,13H2,1H3. The fraction of sp³-hybridized carbons (Fsp3) is 0.130. The van der Waals surface area contributed by atoms with E-state index in [1.54, 1.807) is 49.6 Å². The van der Waals surface area contributed by atoms with E-state index in [1.807, 2.05) is 12.1 Å². The molecular weight excluding hydrogens is 384 g/mol. The van der Waals surface area contributed by atoms with Crippen molar-refractivity contribution in [3.05, 3.63) is 82.9 Å². The van der Waals surface area contributed by atoms with Crippen LogP contribution in [0.4, 0.5) is 5.69 Å². The second kappa shape index (κ2) is 7.10. The van der Waals surface area contributed by atoms with Gasteiger partial charge < -0.3 is 25.0 Å². The fourth-order valence-corrected chi connectivity index (χ4v) is 3.72. The van der Waals surface area contributed by atoms with Gasteiger partial charge in [-0.05, 0) is 29.8 Å². The summed E-state index contributed by atoms with van der Waals surface area (Å²) in [4.78, 5) is 14.9. The molecule has 1 amide bonds. The van der Waals surface area contributed by atoms with E-state index in [1.165, 1.54) is 4.90 Å². The van der Waals surface area contributed by atoms with Crippen LogP contribution in [0.3, 0.4) is 0 Å². The van der Waals surface area contributed by atoms with Crippen LogP contribution in [-0.4, -0.2) is 28.3 Å². The third-order valence-electron chi connectivity index (χ3n) is 5.26. The highest BCUT2D eigenvalue weighted by molar-refractivity contribution is 6.09. The predicted molar refractivity (Wildman–Crippen MR) is 108 cm³/mol. The lowest BCUT2D eigenvalue weighted by Crippen LogP contribution is -2.41. The maximum absolute atomic E-state index is 13.4. The first-order valence-corrected chi connectivity index (χ1v) is 9.13. The number of aliphatic hydroxyl groups is 1. The zero-order valence-corrected chi connectivity index (χ0v) is 16.0. The average molecular weight is 402 g/mol. The number of rotatable bonds is 4. The van der Waals surface area contributed by atoms with Crippen molar-refractivity contribution >= 4 is 11.6 Å². The van der Waals surface area contributed by atoms with Crippen LogP contribution in [-0.2, 0) is 16.9 Å². The summed E-state index contributed by atoms with van der Waals surface area (Å²) in [6, 6.07) is 17.8. The lowest BCUT2D eigenvalue weighted by Gasteiger charge is -2.25. The van der Waals surface area contributed by atoms with Crippen LogP contribution in [0.1, 0.15) is 22.3 Å². The summed E-state index contributed by atoms with van der Waals surface area (Å²) in [6.07, 6.45) is 0. The quantitative estimate of drug-likeness (QED) is 0.618. The van der Waals surface area contributed by atoms with Crippen LogP contribution < -0.4 is 9.64 Å². The number of carbonyl (C=O) groups excluding carboxylic acids is 1. The van der Waals surface area contributed by atoms with Gasteiger partial charge in [0.05, 0.1) is 24.9 Å². The second-order valence-electron chi connectivity index (χ2n) is 6.97. The summed E-state index contributed by atoms with van der Waals surface area (Å²) in [5.41, 5.74) is -0.926. The molecule has 1 unspecified atom stereocenters. The molecule has 0 aromatic heterocycles. The van der Waals surface area contributed by atoms with E-state index in [9.17, 15) is 25.4 Å². The third kappa shape index (κ3) is 2.82.